The van der Waals surface area contributed by atoms with Crippen LogP contribution in [0.15, 0.2) is 22.7 Å². The van der Waals surface area contributed by atoms with Crippen LogP contribution in [0.25, 0.3) is 0 Å². The molecule has 0 radical (unpaired) electrons. The molecule has 0 heterocycles. The highest BCUT2D eigenvalue weighted by Crippen LogP contribution is 2.49. The van der Waals surface area contributed by atoms with Gasteiger partial charge in [0, 0.05) is 11.1 Å². The van der Waals surface area contributed by atoms with Crippen LogP contribution in [0.3, 0.4) is 0 Å². The zero-order valence-electron chi connectivity index (χ0n) is 9.89. The number of hydrogen-bond donors (Lipinski definition) is 2. The van der Waals surface area contributed by atoms with Crippen molar-refractivity contribution in [1.29, 1.82) is 0 Å². The van der Waals surface area contributed by atoms with Gasteiger partial charge in [0.25, 0.3) is 0 Å². The van der Waals surface area contributed by atoms with E-state index in [2.05, 4.69) is 0 Å². The number of aliphatic hydroxyl groups is 2. The molecule has 0 aromatic carbocycles. The molecule has 2 nitrogen and oxygen atoms in total. The molecule has 0 spiro atoms. The molecule has 1 aliphatic rings. The molecule has 2 N–H and O–H groups in total. The average molecular weight is 196 g/mol. The number of rotatable bonds is 0. The second-order valence-electron chi connectivity index (χ2n) is 5.95. The molecule has 0 saturated carbocycles. The van der Waals surface area contributed by atoms with Crippen LogP contribution in [0.4, 0.5) is 0 Å². The predicted molar refractivity (Wildman–Crippen MR) is 58.2 cm³/mol. The molecule has 0 aliphatic heterocycles. The van der Waals surface area contributed by atoms with E-state index in [9.17, 15) is 10.2 Å². The van der Waals surface area contributed by atoms with Crippen molar-refractivity contribution < 1.29 is 10.2 Å². The smallest absolute Gasteiger partial charge is 0.130 e. The zero-order chi connectivity index (χ0) is 11.3. The Morgan fingerprint density at radius 1 is 0.643 bits per heavy atom. The monoisotopic (exact) mass is 196 g/mol. The lowest BCUT2D eigenvalue weighted by molar-refractivity contribution is 0.271. The summed E-state index contributed by atoms with van der Waals surface area (Å²) in [5.41, 5.74) is 0.983. The molecule has 0 amide bonds. The summed E-state index contributed by atoms with van der Waals surface area (Å²) >= 11 is 0. The summed E-state index contributed by atoms with van der Waals surface area (Å²) in [7, 11) is 0. The van der Waals surface area contributed by atoms with Gasteiger partial charge in [0.05, 0.1) is 0 Å². The van der Waals surface area contributed by atoms with Crippen molar-refractivity contribution >= 4 is 0 Å². The van der Waals surface area contributed by atoms with Crippen LogP contribution in [0.2, 0.25) is 0 Å². The molecule has 0 saturated heterocycles. The molecule has 0 aromatic rings. The van der Waals surface area contributed by atoms with Gasteiger partial charge in [-0.05, 0) is 10.8 Å². The Kier molecular flexibility index (Phi) is 2.22. The molecule has 80 valence electrons. The Morgan fingerprint density at radius 3 is 1.00 bits per heavy atom. The SMILES string of the molecule is CC(C)(C)C1=C(O)C(C(C)(C)C)=C1O. The molecule has 0 fully saturated rings. The van der Waals surface area contributed by atoms with Crippen LogP contribution in [-0.2, 0) is 0 Å². The molecule has 14 heavy (non-hydrogen) atoms. The van der Waals surface area contributed by atoms with Gasteiger partial charge in [0.2, 0.25) is 0 Å². The third-order valence-corrected chi connectivity index (χ3v) is 2.45. The van der Waals surface area contributed by atoms with Gasteiger partial charge in [0.1, 0.15) is 11.5 Å². The zero-order valence-corrected chi connectivity index (χ0v) is 9.89. The third-order valence-electron chi connectivity index (χ3n) is 2.45. The van der Waals surface area contributed by atoms with Crippen molar-refractivity contribution in [2.45, 2.75) is 41.5 Å². The Hall–Kier alpha value is -0.920. The molecule has 1 rings (SSSR count). The van der Waals surface area contributed by atoms with E-state index in [0.717, 1.165) is 0 Å². The summed E-state index contributed by atoms with van der Waals surface area (Å²) < 4.78 is 0. The number of aliphatic hydroxyl groups excluding tert-OH is 2. The molecule has 1 aliphatic carbocycles. The minimum atomic E-state index is -0.192. The molecule has 2 heteroatoms. The Balaban J connectivity index is 3.08. The standard InChI is InChI=1S/C12H20O2/c1-11(2,3)7-9(13)8(10(7)14)12(4,5)6/h13-14H,1-6H3. The highest BCUT2D eigenvalue weighted by atomic mass is 16.3. The van der Waals surface area contributed by atoms with Crippen LogP contribution < -0.4 is 0 Å². The van der Waals surface area contributed by atoms with Gasteiger partial charge in [0.15, 0.2) is 0 Å². The van der Waals surface area contributed by atoms with Crippen LogP contribution in [0.5, 0.6) is 0 Å². The molecule has 0 aromatic heterocycles. The van der Waals surface area contributed by atoms with Gasteiger partial charge < -0.3 is 10.2 Å². The van der Waals surface area contributed by atoms with Crippen molar-refractivity contribution in [2.24, 2.45) is 10.8 Å². The molecular weight excluding hydrogens is 176 g/mol. The van der Waals surface area contributed by atoms with Gasteiger partial charge in [-0.15, -0.1) is 0 Å². The summed E-state index contributed by atoms with van der Waals surface area (Å²) in [6.07, 6.45) is 0. The Labute approximate surface area is 86.0 Å². The first kappa shape index (κ1) is 11.2. The van der Waals surface area contributed by atoms with E-state index < -0.39 is 0 Å². The third kappa shape index (κ3) is 1.54. The fraction of sp³-hybridized carbons (Fsp3) is 0.667. The van der Waals surface area contributed by atoms with Gasteiger partial charge in [-0.2, -0.15) is 0 Å². The first-order valence-electron chi connectivity index (χ1n) is 4.95. The van der Waals surface area contributed by atoms with E-state index in [4.69, 9.17) is 0 Å². The van der Waals surface area contributed by atoms with E-state index >= 15 is 0 Å². The quantitative estimate of drug-likeness (QED) is 0.620. The predicted octanol–water partition coefficient (Wildman–Crippen LogP) is 3.72. The van der Waals surface area contributed by atoms with Gasteiger partial charge in [-0.3, -0.25) is 0 Å². The number of allylic oxidation sites excluding steroid dienone is 2. The van der Waals surface area contributed by atoms with E-state index in [1.165, 1.54) is 0 Å². The van der Waals surface area contributed by atoms with Crippen molar-refractivity contribution in [1.82, 2.24) is 0 Å². The summed E-state index contributed by atoms with van der Waals surface area (Å²) in [5.74, 6) is 0.560. The summed E-state index contributed by atoms with van der Waals surface area (Å²) in [4.78, 5) is 0. The van der Waals surface area contributed by atoms with Gasteiger partial charge in [-0.25, -0.2) is 0 Å². The first-order valence-corrected chi connectivity index (χ1v) is 4.95. The van der Waals surface area contributed by atoms with Crippen LogP contribution in [0.1, 0.15) is 41.5 Å². The van der Waals surface area contributed by atoms with Crippen molar-refractivity contribution in [3.05, 3.63) is 22.7 Å². The average Bonchev–Trinajstić information content (AvgIpc) is 1.78. The lowest BCUT2D eigenvalue weighted by Gasteiger charge is -2.37. The Morgan fingerprint density at radius 2 is 0.857 bits per heavy atom. The normalized spacial score (nSPS) is 18.7. The van der Waals surface area contributed by atoms with Crippen molar-refractivity contribution in [3.63, 3.8) is 0 Å². The lowest BCUT2D eigenvalue weighted by atomic mass is 9.69. The molecule has 0 unspecified atom stereocenters. The first-order chi connectivity index (χ1) is 6.07. The largest absolute Gasteiger partial charge is 0.507 e. The van der Waals surface area contributed by atoms with Crippen molar-refractivity contribution in [3.8, 4) is 0 Å². The maximum atomic E-state index is 9.87. The van der Waals surface area contributed by atoms with Crippen molar-refractivity contribution in [2.75, 3.05) is 0 Å². The van der Waals surface area contributed by atoms with E-state index in [1.807, 2.05) is 41.5 Å². The molecular formula is C12H20O2. The summed E-state index contributed by atoms with van der Waals surface area (Å²) in [6, 6.07) is 0. The van der Waals surface area contributed by atoms with Crippen LogP contribution in [-0.4, -0.2) is 10.2 Å². The summed E-state index contributed by atoms with van der Waals surface area (Å²) in [5, 5.41) is 19.7. The maximum Gasteiger partial charge on any atom is 0.130 e. The highest BCUT2D eigenvalue weighted by molar-refractivity contribution is 5.57. The minimum absolute atomic E-state index is 0.192. The minimum Gasteiger partial charge on any atom is -0.507 e. The fourth-order valence-electron chi connectivity index (χ4n) is 1.83. The second-order valence-corrected chi connectivity index (χ2v) is 5.95. The maximum absolute atomic E-state index is 9.87. The van der Waals surface area contributed by atoms with Crippen LogP contribution in [0, 0.1) is 10.8 Å². The molecule has 0 atom stereocenters. The van der Waals surface area contributed by atoms with E-state index in [-0.39, 0.29) is 22.3 Å². The number of hydrogen-bond acceptors (Lipinski definition) is 2. The van der Waals surface area contributed by atoms with Gasteiger partial charge >= 0.3 is 0 Å². The van der Waals surface area contributed by atoms with E-state index in [0.29, 0.717) is 11.1 Å². The highest BCUT2D eigenvalue weighted by Gasteiger charge is 2.41. The summed E-state index contributed by atoms with van der Waals surface area (Å²) in [6.45, 7) is 11.9. The van der Waals surface area contributed by atoms with Crippen LogP contribution >= 0.6 is 0 Å². The fourth-order valence-corrected chi connectivity index (χ4v) is 1.83. The van der Waals surface area contributed by atoms with E-state index in [1.54, 1.807) is 0 Å². The second kappa shape index (κ2) is 2.78. The topological polar surface area (TPSA) is 40.5 Å². The Bertz CT molecular complexity index is 274. The molecule has 0 bridgehead atoms. The lowest BCUT2D eigenvalue weighted by Crippen LogP contribution is -2.29. The van der Waals surface area contributed by atoms with Gasteiger partial charge in [-0.1, -0.05) is 41.5 Å².